The van der Waals surface area contributed by atoms with Crippen molar-refractivity contribution in [2.75, 3.05) is 25.0 Å². The molecule has 0 saturated carbocycles. The SMILES string of the molecule is O=C(CCN1C(=O)[C@H]2CC=CC[C@H]2C1=O)Nc1ccccc1C(=O)NC[C@@H]1CCCO1. The fraction of sp³-hybridized carbons (Fsp3) is 0.478. The van der Waals surface area contributed by atoms with Gasteiger partial charge in [0.25, 0.3) is 5.91 Å². The van der Waals surface area contributed by atoms with E-state index in [-0.39, 0.29) is 54.5 Å². The molecular formula is C23H27N3O5. The van der Waals surface area contributed by atoms with E-state index < -0.39 is 0 Å². The topological polar surface area (TPSA) is 105 Å². The Balaban J connectivity index is 1.32. The van der Waals surface area contributed by atoms with Gasteiger partial charge < -0.3 is 15.4 Å². The summed E-state index contributed by atoms with van der Waals surface area (Å²) in [5.41, 5.74) is 0.758. The average molecular weight is 425 g/mol. The molecule has 164 valence electrons. The maximum Gasteiger partial charge on any atom is 0.253 e. The Kier molecular flexibility index (Phi) is 6.46. The fourth-order valence-corrected chi connectivity index (χ4v) is 4.41. The zero-order valence-electron chi connectivity index (χ0n) is 17.3. The second-order valence-electron chi connectivity index (χ2n) is 8.17. The summed E-state index contributed by atoms with van der Waals surface area (Å²) in [6.45, 7) is 1.19. The molecule has 0 radical (unpaired) electrons. The largest absolute Gasteiger partial charge is 0.376 e. The van der Waals surface area contributed by atoms with E-state index in [0.29, 0.717) is 37.2 Å². The first-order chi connectivity index (χ1) is 15.0. The Hall–Kier alpha value is -3.00. The first-order valence-electron chi connectivity index (χ1n) is 10.8. The molecule has 4 amide bonds. The number of rotatable bonds is 7. The van der Waals surface area contributed by atoms with Crippen LogP contribution in [0.1, 0.15) is 42.5 Å². The van der Waals surface area contributed by atoms with E-state index in [1.54, 1.807) is 24.3 Å². The molecule has 2 fully saturated rings. The number of likely N-dealkylation sites (tertiary alicyclic amines) is 1. The van der Waals surface area contributed by atoms with E-state index >= 15 is 0 Å². The number of fused-ring (bicyclic) bond motifs is 1. The lowest BCUT2D eigenvalue weighted by Gasteiger charge is -2.16. The molecule has 0 spiro atoms. The molecule has 8 nitrogen and oxygen atoms in total. The third-order valence-corrected chi connectivity index (χ3v) is 6.12. The number of nitrogens with one attached hydrogen (secondary N) is 2. The van der Waals surface area contributed by atoms with Crippen molar-refractivity contribution in [1.82, 2.24) is 10.2 Å². The number of nitrogens with zero attached hydrogens (tertiary/aromatic N) is 1. The van der Waals surface area contributed by atoms with Crippen LogP contribution in [0.4, 0.5) is 5.69 Å². The van der Waals surface area contributed by atoms with Crippen LogP contribution in [0, 0.1) is 11.8 Å². The van der Waals surface area contributed by atoms with Crippen molar-refractivity contribution in [3.8, 4) is 0 Å². The lowest BCUT2D eigenvalue weighted by Crippen LogP contribution is -2.34. The standard InChI is InChI=1S/C23H27N3O5/c27-20(11-12-26-22(29)16-7-1-2-8-17(16)23(26)30)25-19-10-4-3-9-18(19)21(28)24-14-15-6-5-13-31-15/h1-4,9-10,15-17H,5-8,11-14H2,(H,24,28)(H,25,27)/t15-,16-,17+/m0/s1. The number of benzene rings is 1. The van der Waals surface area contributed by atoms with Crippen LogP contribution in [-0.2, 0) is 19.1 Å². The third-order valence-electron chi connectivity index (χ3n) is 6.12. The van der Waals surface area contributed by atoms with Gasteiger partial charge in [-0.1, -0.05) is 24.3 Å². The van der Waals surface area contributed by atoms with Gasteiger partial charge in [-0.15, -0.1) is 0 Å². The number of anilines is 1. The molecule has 0 aromatic heterocycles. The van der Waals surface area contributed by atoms with E-state index in [1.807, 2.05) is 12.2 Å². The Morgan fingerprint density at radius 1 is 1.06 bits per heavy atom. The second kappa shape index (κ2) is 9.43. The van der Waals surface area contributed by atoms with Gasteiger partial charge in [-0.3, -0.25) is 24.1 Å². The molecule has 1 aliphatic carbocycles. The van der Waals surface area contributed by atoms with Crippen molar-refractivity contribution in [2.45, 2.75) is 38.2 Å². The Morgan fingerprint density at radius 2 is 1.77 bits per heavy atom. The first kappa shape index (κ1) is 21.2. The summed E-state index contributed by atoms with van der Waals surface area (Å²) in [6.07, 6.45) is 6.94. The van der Waals surface area contributed by atoms with Crippen molar-refractivity contribution in [2.24, 2.45) is 11.8 Å². The lowest BCUT2D eigenvalue weighted by molar-refractivity contribution is -0.140. The lowest BCUT2D eigenvalue weighted by atomic mass is 9.85. The van der Waals surface area contributed by atoms with Crippen molar-refractivity contribution < 1.29 is 23.9 Å². The number of imide groups is 1. The van der Waals surface area contributed by atoms with Crippen LogP contribution in [-0.4, -0.2) is 54.3 Å². The molecule has 1 aromatic carbocycles. The van der Waals surface area contributed by atoms with Crippen LogP contribution in [0.3, 0.4) is 0 Å². The van der Waals surface area contributed by atoms with Crippen molar-refractivity contribution in [3.63, 3.8) is 0 Å². The zero-order chi connectivity index (χ0) is 21.8. The molecular weight excluding hydrogens is 398 g/mol. The minimum atomic E-state index is -0.354. The van der Waals surface area contributed by atoms with Gasteiger partial charge in [-0.25, -0.2) is 0 Å². The van der Waals surface area contributed by atoms with E-state index in [0.717, 1.165) is 12.8 Å². The molecule has 0 bridgehead atoms. The molecule has 4 rings (SSSR count). The van der Waals surface area contributed by atoms with Crippen LogP contribution in [0.2, 0.25) is 0 Å². The van der Waals surface area contributed by atoms with Gasteiger partial charge in [0.15, 0.2) is 0 Å². The summed E-state index contributed by atoms with van der Waals surface area (Å²) in [5.74, 6) is -1.62. The number of hydrogen-bond donors (Lipinski definition) is 2. The molecule has 3 aliphatic rings. The number of allylic oxidation sites excluding steroid dienone is 2. The molecule has 2 saturated heterocycles. The van der Waals surface area contributed by atoms with Gasteiger partial charge >= 0.3 is 0 Å². The van der Waals surface area contributed by atoms with Gasteiger partial charge in [0.2, 0.25) is 17.7 Å². The fourth-order valence-electron chi connectivity index (χ4n) is 4.41. The minimum Gasteiger partial charge on any atom is -0.376 e. The van der Waals surface area contributed by atoms with Crippen LogP contribution in [0.15, 0.2) is 36.4 Å². The maximum absolute atomic E-state index is 12.6. The Morgan fingerprint density at radius 3 is 2.45 bits per heavy atom. The number of para-hydroxylation sites is 1. The summed E-state index contributed by atoms with van der Waals surface area (Å²) < 4.78 is 5.52. The minimum absolute atomic E-state index is 0.0176. The number of carbonyl (C=O) groups excluding carboxylic acids is 4. The Labute approximate surface area is 181 Å². The predicted molar refractivity (Wildman–Crippen MR) is 113 cm³/mol. The predicted octanol–water partition coefficient (Wildman–Crippen LogP) is 1.88. The van der Waals surface area contributed by atoms with E-state index in [4.69, 9.17) is 4.74 Å². The Bertz CT molecular complexity index is 880. The molecule has 2 heterocycles. The third kappa shape index (κ3) is 4.69. The van der Waals surface area contributed by atoms with Crippen molar-refractivity contribution in [3.05, 3.63) is 42.0 Å². The van der Waals surface area contributed by atoms with Crippen molar-refractivity contribution in [1.29, 1.82) is 0 Å². The normalized spacial score (nSPS) is 24.9. The van der Waals surface area contributed by atoms with E-state index in [1.165, 1.54) is 4.90 Å². The number of ether oxygens (including phenoxy) is 1. The smallest absolute Gasteiger partial charge is 0.253 e. The van der Waals surface area contributed by atoms with E-state index in [2.05, 4.69) is 10.6 Å². The van der Waals surface area contributed by atoms with Crippen LogP contribution in [0.5, 0.6) is 0 Å². The molecule has 2 N–H and O–H groups in total. The van der Waals surface area contributed by atoms with Gasteiger partial charge in [-0.05, 0) is 37.8 Å². The quantitative estimate of drug-likeness (QED) is 0.513. The monoisotopic (exact) mass is 425 g/mol. The highest BCUT2D eigenvalue weighted by Gasteiger charge is 2.46. The highest BCUT2D eigenvalue weighted by Crippen LogP contribution is 2.35. The van der Waals surface area contributed by atoms with Gasteiger partial charge in [0, 0.05) is 26.1 Å². The van der Waals surface area contributed by atoms with Gasteiger partial charge in [0.1, 0.15) is 0 Å². The summed E-state index contributed by atoms with van der Waals surface area (Å²) in [5, 5.41) is 5.60. The number of amides is 4. The summed E-state index contributed by atoms with van der Waals surface area (Å²) in [7, 11) is 0. The zero-order valence-corrected chi connectivity index (χ0v) is 17.3. The summed E-state index contributed by atoms with van der Waals surface area (Å²) in [6, 6.07) is 6.77. The highest BCUT2D eigenvalue weighted by molar-refractivity contribution is 6.06. The van der Waals surface area contributed by atoms with Crippen LogP contribution < -0.4 is 10.6 Å². The number of hydrogen-bond acceptors (Lipinski definition) is 5. The molecule has 31 heavy (non-hydrogen) atoms. The summed E-state index contributed by atoms with van der Waals surface area (Å²) in [4.78, 5) is 51.3. The maximum atomic E-state index is 12.6. The first-order valence-corrected chi connectivity index (χ1v) is 10.8. The molecule has 3 atom stereocenters. The highest BCUT2D eigenvalue weighted by atomic mass is 16.5. The summed E-state index contributed by atoms with van der Waals surface area (Å²) >= 11 is 0. The molecule has 2 aliphatic heterocycles. The van der Waals surface area contributed by atoms with Gasteiger partial charge in [0.05, 0.1) is 29.2 Å². The van der Waals surface area contributed by atoms with E-state index in [9.17, 15) is 19.2 Å². The van der Waals surface area contributed by atoms with Crippen LogP contribution in [0.25, 0.3) is 0 Å². The molecule has 1 aromatic rings. The van der Waals surface area contributed by atoms with Crippen molar-refractivity contribution >= 4 is 29.3 Å². The molecule has 0 unspecified atom stereocenters. The van der Waals surface area contributed by atoms with Gasteiger partial charge in [-0.2, -0.15) is 0 Å². The average Bonchev–Trinajstić information content (AvgIpc) is 3.39. The number of carbonyl (C=O) groups is 4. The molecule has 8 heteroatoms. The second-order valence-corrected chi connectivity index (χ2v) is 8.17. The van der Waals surface area contributed by atoms with Crippen LogP contribution >= 0.6 is 0 Å².